The van der Waals surface area contributed by atoms with Crippen LogP contribution in [0.5, 0.6) is 0 Å². The van der Waals surface area contributed by atoms with E-state index in [-0.39, 0.29) is 6.17 Å². The third kappa shape index (κ3) is 2.41. The molecule has 0 aromatic carbocycles. The Bertz CT molecular complexity index is 905. The highest BCUT2D eigenvalue weighted by molar-refractivity contribution is 6.28. The van der Waals surface area contributed by atoms with Gasteiger partial charge in [0.15, 0.2) is 0 Å². The molecule has 4 heterocycles. The first-order valence-electron chi connectivity index (χ1n) is 9.26. The van der Waals surface area contributed by atoms with Gasteiger partial charge in [-0.1, -0.05) is 18.0 Å². The minimum Gasteiger partial charge on any atom is -0.371 e. The lowest BCUT2D eigenvalue weighted by Crippen LogP contribution is -2.53. The normalized spacial score (nSPS) is 26.9. The van der Waals surface area contributed by atoms with E-state index in [0.717, 1.165) is 18.7 Å². The topological polar surface area (TPSA) is 93.6 Å². The largest absolute Gasteiger partial charge is 0.371 e. The first kappa shape index (κ1) is 17.0. The van der Waals surface area contributed by atoms with E-state index in [0.29, 0.717) is 34.8 Å². The number of hydrogen-bond acceptors (Lipinski definition) is 8. The average molecular weight is 392 g/mol. The third-order valence-electron chi connectivity index (χ3n) is 5.97. The van der Waals surface area contributed by atoms with Gasteiger partial charge in [-0.3, -0.25) is 14.9 Å². The molecule has 27 heavy (non-hydrogen) atoms. The molecule has 0 radical (unpaired) electrons. The van der Waals surface area contributed by atoms with Gasteiger partial charge in [0.1, 0.15) is 17.6 Å². The molecule has 10 heteroatoms. The Morgan fingerprint density at radius 1 is 1.33 bits per heavy atom. The van der Waals surface area contributed by atoms with Crippen molar-refractivity contribution in [1.82, 2.24) is 25.1 Å². The molecule has 2 aromatic heterocycles. The van der Waals surface area contributed by atoms with Gasteiger partial charge in [0.25, 0.3) is 5.89 Å². The summed E-state index contributed by atoms with van der Waals surface area (Å²) in [4.78, 5) is 11.0. The number of fused-ring (bicyclic) bond motifs is 6. The van der Waals surface area contributed by atoms with E-state index in [1.807, 2.05) is 13.8 Å². The highest BCUT2D eigenvalue weighted by Crippen LogP contribution is 2.47. The van der Waals surface area contributed by atoms with E-state index in [1.54, 1.807) is 13.3 Å². The van der Waals surface area contributed by atoms with Crippen LogP contribution in [0.15, 0.2) is 15.8 Å². The Morgan fingerprint density at radius 3 is 2.96 bits per heavy atom. The minimum atomic E-state index is -0.644. The number of aromatic nitrogens is 4. The van der Waals surface area contributed by atoms with Crippen molar-refractivity contribution in [2.45, 2.75) is 57.3 Å². The Labute approximate surface area is 161 Å². The van der Waals surface area contributed by atoms with Crippen LogP contribution in [0.4, 0.5) is 5.82 Å². The number of rotatable bonds is 3. The molecule has 1 fully saturated rings. The lowest BCUT2D eigenvalue weighted by molar-refractivity contribution is 0.00973. The second kappa shape index (κ2) is 5.93. The molecular weight excluding hydrogens is 370 g/mol. The van der Waals surface area contributed by atoms with Crippen LogP contribution in [0.25, 0.3) is 0 Å². The standard InChI is InChI=1S/C17H22ClN7O2/c1-17(2,26-3)15-20-14(27-23-15)13-22-21-12-9-6-4-5-7-10(9)24-11(25(12)13)8-19-16(24)18/h8-10,12,21H,4-7H2,1-3H3. The zero-order valence-corrected chi connectivity index (χ0v) is 16.3. The number of methoxy groups -OCH3 is 1. The maximum Gasteiger partial charge on any atom is 0.295 e. The molecule has 1 N–H and O–H groups in total. The van der Waals surface area contributed by atoms with Crippen molar-refractivity contribution in [3.8, 4) is 0 Å². The molecule has 144 valence electrons. The monoisotopic (exact) mass is 391 g/mol. The highest BCUT2D eigenvalue weighted by Gasteiger charge is 2.48. The van der Waals surface area contributed by atoms with E-state index < -0.39 is 5.60 Å². The van der Waals surface area contributed by atoms with Crippen LogP contribution in [0.2, 0.25) is 5.28 Å². The fourth-order valence-corrected chi connectivity index (χ4v) is 4.61. The SMILES string of the molecule is COC(C)(C)c1noc(C2=NNC3C4CCCCC4n4c(cnc4Cl)N23)n1. The molecular formula is C17H22ClN7O2. The van der Waals surface area contributed by atoms with Crippen LogP contribution < -0.4 is 10.3 Å². The molecule has 2 aliphatic heterocycles. The van der Waals surface area contributed by atoms with Gasteiger partial charge >= 0.3 is 0 Å². The number of halogens is 1. The number of hydrazone groups is 1. The van der Waals surface area contributed by atoms with Gasteiger partial charge in [-0.2, -0.15) is 10.1 Å². The molecule has 2 aromatic rings. The van der Waals surface area contributed by atoms with Gasteiger partial charge in [-0.05, 0) is 38.3 Å². The maximum absolute atomic E-state index is 6.44. The Hall–Kier alpha value is -2.13. The quantitative estimate of drug-likeness (QED) is 0.859. The third-order valence-corrected chi connectivity index (χ3v) is 6.25. The van der Waals surface area contributed by atoms with Gasteiger partial charge in [0, 0.05) is 19.1 Å². The number of imidazole rings is 1. The van der Waals surface area contributed by atoms with Crippen LogP contribution in [0.3, 0.4) is 0 Å². The molecule has 0 spiro atoms. The maximum atomic E-state index is 6.44. The average Bonchev–Trinajstić information content (AvgIpc) is 3.39. The van der Waals surface area contributed by atoms with Crippen molar-refractivity contribution in [3.05, 3.63) is 23.2 Å². The van der Waals surface area contributed by atoms with Crippen LogP contribution in [-0.2, 0) is 10.3 Å². The summed E-state index contributed by atoms with van der Waals surface area (Å²) in [5, 5.41) is 9.14. The summed E-state index contributed by atoms with van der Waals surface area (Å²) in [5.74, 6) is 2.71. The summed E-state index contributed by atoms with van der Waals surface area (Å²) in [5.41, 5.74) is 2.65. The van der Waals surface area contributed by atoms with E-state index in [4.69, 9.17) is 20.9 Å². The first-order chi connectivity index (χ1) is 13.0. The number of nitrogens with one attached hydrogen (secondary N) is 1. The van der Waals surface area contributed by atoms with Crippen LogP contribution >= 0.6 is 11.6 Å². The van der Waals surface area contributed by atoms with Gasteiger partial charge in [0.2, 0.25) is 16.9 Å². The summed E-state index contributed by atoms with van der Waals surface area (Å²) in [6, 6.07) is 0.331. The smallest absolute Gasteiger partial charge is 0.295 e. The number of nitrogens with zero attached hydrogens (tertiary/aromatic N) is 6. The molecule has 1 saturated carbocycles. The molecule has 0 amide bonds. The molecule has 0 bridgehead atoms. The Kier molecular flexibility index (Phi) is 3.74. The Morgan fingerprint density at radius 2 is 2.15 bits per heavy atom. The van der Waals surface area contributed by atoms with Crippen molar-refractivity contribution in [2.75, 3.05) is 12.0 Å². The van der Waals surface area contributed by atoms with E-state index in [9.17, 15) is 0 Å². The lowest BCUT2D eigenvalue weighted by Gasteiger charge is -2.45. The van der Waals surface area contributed by atoms with Crippen molar-refractivity contribution >= 4 is 23.3 Å². The van der Waals surface area contributed by atoms with Gasteiger partial charge in [-0.15, -0.1) is 0 Å². The molecule has 3 aliphatic rings. The van der Waals surface area contributed by atoms with Crippen LogP contribution in [-0.4, -0.2) is 38.8 Å². The summed E-state index contributed by atoms with van der Waals surface area (Å²) in [6.07, 6.45) is 6.45. The molecule has 0 saturated heterocycles. The van der Waals surface area contributed by atoms with Crippen LogP contribution in [0, 0.1) is 5.92 Å². The van der Waals surface area contributed by atoms with E-state index >= 15 is 0 Å². The van der Waals surface area contributed by atoms with E-state index in [2.05, 4.69) is 35.1 Å². The second-order valence-electron chi connectivity index (χ2n) is 7.79. The fourth-order valence-electron chi connectivity index (χ4n) is 4.35. The van der Waals surface area contributed by atoms with Crippen molar-refractivity contribution in [1.29, 1.82) is 0 Å². The van der Waals surface area contributed by atoms with Gasteiger partial charge in [0.05, 0.1) is 6.20 Å². The molecule has 5 rings (SSSR count). The zero-order valence-electron chi connectivity index (χ0n) is 15.5. The fraction of sp³-hybridized carbons (Fsp3) is 0.647. The number of ether oxygens (including phenoxy) is 1. The minimum absolute atomic E-state index is 0.0383. The van der Waals surface area contributed by atoms with Crippen LogP contribution in [0.1, 0.15) is 57.3 Å². The first-order valence-corrected chi connectivity index (χ1v) is 9.64. The molecule has 9 nitrogen and oxygen atoms in total. The molecule has 3 unspecified atom stereocenters. The summed E-state index contributed by atoms with van der Waals surface area (Å²) in [6.45, 7) is 3.78. The predicted octanol–water partition coefficient (Wildman–Crippen LogP) is 2.64. The van der Waals surface area contributed by atoms with Gasteiger partial charge < -0.3 is 9.26 Å². The molecule has 1 aliphatic carbocycles. The predicted molar refractivity (Wildman–Crippen MR) is 98.5 cm³/mol. The summed E-state index contributed by atoms with van der Waals surface area (Å²) >= 11 is 6.44. The summed E-state index contributed by atoms with van der Waals surface area (Å²) < 4.78 is 13.1. The van der Waals surface area contributed by atoms with Crippen molar-refractivity contribution in [3.63, 3.8) is 0 Å². The Balaban J connectivity index is 1.56. The van der Waals surface area contributed by atoms with Gasteiger partial charge in [-0.25, -0.2) is 4.98 Å². The zero-order chi connectivity index (χ0) is 18.8. The number of amidine groups is 1. The number of anilines is 1. The van der Waals surface area contributed by atoms with Crippen molar-refractivity contribution < 1.29 is 9.26 Å². The molecule has 3 atom stereocenters. The highest BCUT2D eigenvalue weighted by atomic mass is 35.5. The second-order valence-corrected chi connectivity index (χ2v) is 8.13. The lowest BCUT2D eigenvalue weighted by atomic mass is 9.80. The summed E-state index contributed by atoms with van der Waals surface area (Å²) in [7, 11) is 1.62. The van der Waals surface area contributed by atoms with Crippen molar-refractivity contribution in [2.24, 2.45) is 11.0 Å². The number of hydrogen-bond donors (Lipinski definition) is 1. The van der Waals surface area contributed by atoms with E-state index in [1.165, 1.54) is 12.8 Å².